The second-order valence-electron chi connectivity index (χ2n) is 4.85. The lowest BCUT2D eigenvalue weighted by Gasteiger charge is -2.32. The Morgan fingerprint density at radius 1 is 1.44 bits per heavy atom. The monoisotopic (exact) mass is 250 g/mol. The van der Waals surface area contributed by atoms with Crippen LogP contribution in [-0.4, -0.2) is 23.3 Å². The van der Waals surface area contributed by atoms with Crippen molar-refractivity contribution in [3.05, 3.63) is 12.2 Å². The highest BCUT2D eigenvalue weighted by Crippen LogP contribution is 2.33. The van der Waals surface area contributed by atoms with Crippen molar-refractivity contribution in [2.45, 2.75) is 51.6 Å². The molecule has 0 aromatic rings. The van der Waals surface area contributed by atoms with Crippen LogP contribution in [0.3, 0.4) is 0 Å². The van der Waals surface area contributed by atoms with Gasteiger partial charge in [-0.05, 0) is 32.3 Å². The molecule has 1 fully saturated rings. The van der Waals surface area contributed by atoms with Crippen LogP contribution in [0.25, 0.3) is 0 Å². The molecule has 0 aliphatic heterocycles. The highest BCUT2D eigenvalue weighted by molar-refractivity contribution is 5.84. The molecule has 0 aromatic heterocycles. The van der Waals surface area contributed by atoms with Crippen LogP contribution in [0.15, 0.2) is 12.2 Å². The molecule has 1 N–H and O–H groups in total. The Morgan fingerprint density at radius 2 is 2.06 bits per heavy atom. The predicted octanol–water partition coefficient (Wildman–Crippen LogP) is 2.44. The molecular weight excluding hydrogens is 228 g/mol. The Balaban J connectivity index is 2.96. The van der Waals surface area contributed by atoms with E-state index in [1.165, 1.54) is 0 Å². The van der Waals surface area contributed by atoms with Gasteiger partial charge in [0.15, 0.2) is 0 Å². The number of hydrogen-bond donors (Lipinski definition) is 1. The van der Waals surface area contributed by atoms with E-state index >= 15 is 0 Å². The summed E-state index contributed by atoms with van der Waals surface area (Å²) in [6, 6.07) is 0. The topological polar surface area (TPSA) is 46.5 Å². The molecule has 1 atom stereocenters. The van der Waals surface area contributed by atoms with E-state index in [-0.39, 0.29) is 12.5 Å². The molecule has 100 valence electrons. The van der Waals surface area contributed by atoms with Crippen molar-refractivity contribution in [3.63, 3.8) is 0 Å². The van der Waals surface area contributed by atoms with Crippen molar-refractivity contribution >= 4 is 5.97 Å². The van der Waals surface area contributed by atoms with Crippen LogP contribution < -0.4 is 0 Å². The number of carbonyl (C=O) groups excluding carboxylic acids is 1. The first kappa shape index (κ1) is 14.8. The number of hydrogen-bond acceptors (Lipinski definition) is 3. The van der Waals surface area contributed by atoms with E-state index in [0.29, 0.717) is 5.57 Å². The predicted molar refractivity (Wildman–Crippen MR) is 70.7 cm³/mol. The van der Waals surface area contributed by atoms with Crippen LogP contribution in [0.4, 0.5) is 0 Å². The summed E-state index contributed by atoms with van der Waals surface area (Å²) in [5.74, 6) is 4.66. The molecule has 3 heteroatoms. The first-order chi connectivity index (χ1) is 8.50. The van der Waals surface area contributed by atoms with Crippen LogP contribution in [0.1, 0.15) is 46.0 Å². The highest BCUT2D eigenvalue weighted by atomic mass is 16.5. The molecule has 18 heavy (non-hydrogen) atoms. The largest absolute Gasteiger partial charge is 0.463 e. The van der Waals surface area contributed by atoms with E-state index in [1.54, 1.807) is 13.8 Å². The van der Waals surface area contributed by atoms with Gasteiger partial charge in [-0.25, -0.2) is 4.79 Å². The third kappa shape index (κ3) is 3.61. The molecule has 1 unspecified atom stereocenters. The molecule has 1 rings (SSSR count). The van der Waals surface area contributed by atoms with E-state index in [4.69, 9.17) is 4.74 Å². The molecule has 0 radical (unpaired) electrons. The van der Waals surface area contributed by atoms with Gasteiger partial charge in [-0.1, -0.05) is 37.7 Å². The van der Waals surface area contributed by atoms with E-state index < -0.39 is 11.6 Å². The quantitative estimate of drug-likeness (QED) is 0.618. The molecule has 1 aliphatic carbocycles. The molecule has 0 saturated heterocycles. The fourth-order valence-electron chi connectivity index (χ4n) is 2.28. The Kier molecular flexibility index (Phi) is 5.43. The standard InChI is InChI=1S/C15H22O3/c1-4-18-14(16)15(17,11-10-12(2)3)13-8-6-5-7-9-13/h13,17H,2,4-9H2,1,3H3. The number of ether oxygens (including phenoxy) is 1. The Morgan fingerprint density at radius 3 is 2.56 bits per heavy atom. The first-order valence-electron chi connectivity index (χ1n) is 6.59. The minimum absolute atomic E-state index is 0.128. The van der Waals surface area contributed by atoms with Crippen LogP contribution in [0, 0.1) is 17.8 Å². The molecule has 3 nitrogen and oxygen atoms in total. The summed E-state index contributed by atoms with van der Waals surface area (Å²) in [4.78, 5) is 12.0. The number of esters is 1. The van der Waals surface area contributed by atoms with Gasteiger partial charge in [0.25, 0.3) is 0 Å². The lowest BCUT2D eigenvalue weighted by atomic mass is 9.77. The maximum absolute atomic E-state index is 12.0. The SMILES string of the molecule is C=C(C)C#CC(O)(C(=O)OCC)C1CCCCC1. The van der Waals surface area contributed by atoms with Gasteiger partial charge in [0.2, 0.25) is 5.60 Å². The Hall–Kier alpha value is -1.27. The summed E-state index contributed by atoms with van der Waals surface area (Å²) in [7, 11) is 0. The number of rotatable bonds is 3. The third-order valence-corrected chi connectivity index (χ3v) is 3.25. The molecule has 0 heterocycles. The zero-order valence-corrected chi connectivity index (χ0v) is 11.3. The summed E-state index contributed by atoms with van der Waals surface area (Å²) in [6.07, 6.45) is 4.85. The molecule has 0 amide bonds. The van der Waals surface area contributed by atoms with Crippen LogP contribution in [0.2, 0.25) is 0 Å². The average Bonchev–Trinajstić information content (AvgIpc) is 2.37. The molecule has 0 aromatic carbocycles. The summed E-state index contributed by atoms with van der Waals surface area (Å²) in [5.41, 5.74) is -1.04. The van der Waals surface area contributed by atoms with Crippen LogP contribution in [-0.2, 0) is 9.53 Å². The van der Waals surface area contributed by atoms with E-state index in [1.807, 2.05) is 0 Å². The summed E-state index contributed by atoms with van der Waals surface area (Å²) < 4.78 is 4.97. The second-order valence-corrected chi connectivity index (χ2v) is 4.85. The lowest BCUT2D eigenvalue weighted by molar-refractivity contribution is -0.164. The van der Waals surface area contributed by atoms with Crippen molar-refractivity contribution < 1.29 is 14.6 Å². The fourth-order valence-corrected chi connectivity index (χ4v) is 2.28. The van der Waals surface area contributed by atoms with E-state index in [0.717, 1.165) is 32.1 Å². The van der Waals surface area contributed by atoms with Crippen LogP contribution >= 0.6 is 0 Å². The molecule has 0 bridgehead atoms. The van der Waals surface area contributed by atoms with E-state index in [2.05, 4.69) is 18.4 Å². The van der Waals surface area contributed by atoms with Gasteiger partial charge < -0.3 is 9.84 Å². The maximum atomic E-state index is 12.0. The molecular formula is C15H22O3. The Bertz CT molecular complexity index is 369. The summed E-state index contributed by atoms with van der Waals surface area (Å²) in [5, 5.41) is 10.6. The van der Waals surface area contributed by atoms with Gasteiger partial charge in [0.05, 0.1) is 6.61 Å². The average molecular weight is 250 g/mol. The van der Waals surface area contributed by atoms with Crippen LogP contribution in [0.5, 0.6) is 0 Å². The van der Waals surface area contributed by atoms with Crippen molar-refractivity contribution in [1.29, 1.82) is 0 Å². The number of carbonyl (C=O) groups is 1. The number of allylic oxidation sites excluding steroid dienone is 1. The highest BCUT2D eigenvalue weighted by Gasteiger charge is 2.44. The molecule has 1 saturated carbocycles. The minimum Gasteiger partial charge on any atom is -0.463 e. The van der Waals surface area contributed by atoms with Gasteiger partial charge in [-0.15, -0.1) is 0 Å². The van der Waals surface area contributed by atoms with Crippen molar-refractivity contribution in [2.75, 3.05) is 6.61 Å². The van der Waals surface area contributed by atoms with Gasteiger partial charge in [0, 0.05) is 5.92 Å². The van der Waals surface area contributed by atoms with Crippen molar-refractivity contribution in [2.24, 2.45) is 5.92 Å². The lowest BCUT2D eigenvalue weighted by Crippen LogP contribution is -2.46. The second kappa shape index (κ2) is 6.61. The minimum atomic E-state index is -1.67. The van der Waals surface area contributed by atoms with Crippen molar-refractivity contribution in [3.8, 4) is 11.8 Å². The Labute approximate surface area is 109 Å². The first-order valence-corrected chi connectivity index (χ1v) is 6.59. The zero-order chi connectivity index (χ0) is 13.6. The summed E-state index contributed by atoms with van der Waals surface area (Å²) >= 11 is 0. The van der Waals surface area contributed by atoms with Gasteiger partial charge in [-0.3, -0.25) is 0 Å². The fraction of sp³-hybridized carbons (Fsp3) is 0.667. The molecule has 0 spiro atoms. The number of aliphatic hydroxyl groups is 1. The van der Waals surface area contributed by atoms with Crippen molar-refractivity contribution in [1.82, 2.24) is 0 Å². The van der Waals surface area contributed by atoms with Gasteiger partial charge in [-0.2, -0.15) is 0 Å². The normalized spacial score (nSPS) is 19.3. The maximum Gasteiger partial charge on any atom is 0.351 e. The molecule has 1 aliphatic rings. The third-order valence-electron chi connectivity index (χ3n) is 3.25. The van der Waals surface area contributed by atoms with Gasteiger partial charge in [0.1, 0.15) is 0 Å². The van der Waals surface area contributed by atoms with E-state index in [9.17, 15) is 9.90 Å². The van der Waals surface area contributed by atoms with Gasteiger partial charge >= 0.3 is 5.97 Å². The smallest absolute Gasteiger partial charge is 0.351 e. The zero-order valence-electron chi connectivity index (χ0n) is 11.3. The summed E-state index contributed by atoms with van der Waals surface area (Å²) in [6.45, 7) is 7.40.